The van der Waals surface area contributed by atoms with Gasteiger partial charge in [-0.2, -0.15) is 0 Å². The van der Waals surface area contributed by atoms with E-state index in [9.17, 15) is 9.59 Å². The molecule has 0 aliphatic heterocycles. The van der Waals surface area contributed by atoms with Crippen molar-refractivity contribution in [1.82, 2.24) is 0 Å². The van der Waals surface area contributed by atoms with E-state index in [1.807, 2.05) is 26.8 Å². The van der Waals surface area contributed by atoms with E-state index >= 15 is 0 Å². The molecule has 0 aliphatic rings. The Morgan fingerprint density at radius 3 is 2.32 bits per heavy atom. The van der Waals surface area contributed by atoms with Crippen molar-refractivity contribution in [2.45, 2.75) is 20.8 Å². The number of amides is 1. The molecular weight excluding hydrogens is 300 g/mol. The smallest absolute Gasteiger partial charge is 0.229 e. The average molecular weight is 318 g/mol. The summed E-state index contributed by atoms with van der Waals surface area (Å²) >= 11 is 6.01. The fourth-order valence-electron chi connectivity index (χ4n) is 1.87. The van der Waals surface area contributed by atoms with E-state index in [4.69, 9.17) is 11.6 Å². The summed E-state index contributed by atoms with van der Waals surface area (Å²) < 4.78 is 0. The van der Waals surface area contributed by atoms with Gasteiger partial charge >= 0.3 is 0 Å². The van der Waals surface area contributed by atoms with E-state index in [-0.39, 0.29) is 11.7 Å². The monoisotopic (exact) mass is 317 g/mol. The van der Waals surface area contributed by atoms with Crippen molar-refractivity contribution in [3.63, 3.8) is 0 Å². The minimum absolute atomic E-state index is 0.156. The van der Waals surface area contributed by atoms with Crippen LogP contribution in [0.3, 0.4) is 0 Å². The Labute approximate surface area is 135 Å². The highest BCUT2D eigenvalue weighted by Gasteiger charge is 2.23. The molecule has 0 unspecified atom stereocenters. The SMILES string of the molecule is CC(C)(C)C(=O)Nc1ccc(Cl)cc1[14C](=O)c1ccccc1. The number of hydrogen-bond donors (Lipinski definition) is 1. The number of benzene rings is 2. The van der Waals surface area contributed by atoms with Crippen LogP contribution in [0.4, 0.5) is 5.69 Å². The summed E-state index contributed by atoms with van der Waals surface area (Å²) in [6.45, 7) is 5.45. The molecule has 0 aromatic heterocycles. The van der Waals surface area contributed by atoms with E-state index in [2.05, 4.69) is 5.32 Å². The molecular formula is C18H18ClNO2. The third-order valence-corrected chi connectivity index (χ3v) is 3.43. The number of ketones is 1. The Bertz CT molecular complexity index is 703. The van der Waals surface area contributed by atoms with Gasteiger partial charge < -0.3 is 5.32 Å². The van der Waals surface area contributed by atoms with Crippen LogP contribution in [-0.4, -0.2) is 11.7 Å². The zero-order chi connectivity index (χ0) is 16.3. The predicted octanol–water partition coefficient (Wildman–Crippen LogP) is 4.56. The summed E-state index contributed by atoms with van der Waals surface area (Å²) in [5, 5.41) is 3.26. The van der Waals surface area contributed by atoms with E-state index < -0.39 is 5.41 Å². The zero-order valence-corrected chi connectivity index (χ0v) is 13.6. The molecule has 0 aliphatic carbocycles. The fraction of sp³-hybridized carbons (Fsp3) is 0.222. The van der Waals surface area contributed by atoms with Crippen LogP contribution in [0.25, 0.3) is 0 Å². The van der Waals surface area contributed by atoms with E-state index in [1.165, 1.54) is 0 Å². The summed E-state index contributed by atoms with van der Waals surface area (Å²) in [7, 11) is 0. The highest BCUT2D eigenvalue weighted by molar-refractivity contribution is 6.31. The van der Waals surface area contributed by atoms with Gasteiger partial charge in [-0.05, 0) is 18.2 Å². The molecule has 2 rings (SSSR count). The summed E-state index contributed by atoms with van der Waals surface area (Å²) in [5.74, 6) is -0.329. The Morgan fingerprint density at radius 1 is 1.09 bits per heavy atom. The molecule has 0 fully saturated rings. The number of hydrogen-bond acceptors (Lipinski definition) is 2. The first-order valence-corrected chi connectivity index (χ1v) is 7.37. The lowest BCUT2D eigenvalue weighted by molar-refractivity contribution is -0.123. The van der Waals surface area contributed by atoms with E-state index in [0.29, 0.717) is 21.8 Å². The maximum Gasteiger partial charge on any atom is 0.229 e. The van der Waals surface area contributed by atoms with Gasteiger partial charge in [0.05, 0.1) is 5.69 Å². The lowest BCUT2D eigenvalue weighted by atomic mass is 9.95. The molecule has 2 aromatic carbocycles. The van der Waals surface area contributed by atoms with Crippen molar-refractivity contribution >= 4 is 29.0 Å². The van der Waals surface area contributed by atoms with Crippen LogP contribution >= 0.6 is 11.6 Å². The second-order valence-corrected chi connectivity index (χ2v) is 6.53. The molecule has 0 radical (unpaired) electrons. The number of carbonyl (C=O) groups is 2. The van der Waals surface area contributed by atoms with Gasteiger partial charge in [0.25, 0.3) is 0 Å². The minimum Gasteiger partial charge on any atom is -0.325 e. The van der Waals surface area contributed by atoms with Crippen LogP contribution in [0.15, 0.2) is 48.5 Å². The Hall–Kier alpha value is -2.13. The molecule has 2 aromatic rings. The van der Waals surface area contributed by atoms with Gasteiger partial charge in [0, 0.05) is 21.6 Å². The summed E-state index contributed by atoms with van der Waals surface area (Å²) in [4.78, 5) is 24.8. The van der Waals surface area contributed by atoms with Gasteiger partial charge in [-0.15, -0.1) is 0 Å². The largest absolute Gasteiger partial charge is 0.325 e. The van der Waals surface area contributed by atoms with Crippen LogP contribution in [0, 0.1) is 5.41 Å². The normalized spacial score (nSPS) is 11.1. The van der Waals surface area contributed by atoms with Crippen molar-refractivity contribution in [3.8, 4) is 0 Å². The van der Waals surface area contributed by atoms with Gasteiger partial charge in [-0.1, -0.05) is 62.7 Å². The molecule has 0 heterocycles. The molecule has 0 saturated carbocycles. The summed E-state index contributed by atoms with van der Waals surface area (Å²) in [5.41, 5.74) is 0.859. The molecule has 1 N–H and O–H groups in total. The van der Waals surface area contributed by atoms with Crippen molar-refractivity contribution in [1.29, 1.82) is 0 Å². The van der Waals surface area contributed by atoms with E-state index in [0.717, 1.165) is 0 Å². The van der Waals surface area contributed by atoms with Gasteiger partial charge in [-0.3, -0.25) is 9.59 Å². The quantitative estimate of drug-likeness (QED) is 0.844. The molecule has 0 atom stereocenters. The second-order valence-electron chi connectivity index (χ2n) is 6.09. The number of rotatable bonds is 3. The van der Waals surface area contributed by atoms with E-state index in [1.54, 1.807) is 42.5 Å². The van der Waals surface area contributed by atoms with Crippen LogP contribution in [-0.2, 0) is 4.79 Å². The summed E-state index contributed by atoms with van der Waals surface area (Å²) in [6, 6.07) is 13.8. The molecule has 114 valence electrons. The van der Waals surface area contributed by atoms with Gasteiger partial charge in [0.1, 0.15) is 0 Å². The van der Waals surface area contributed by atoms with Crippen molar-refractivity contribution in [3.05, 3.63) is 64.7 Å². The molecule has 0 bridgehead atoms. The third-order valence-electron chi connectivity index (χ3n) is 3.19. The highest BCUT2D eigenvalue weighted by Crippen LogP contribution is 2.25. The van der Waals surface area contributed by atoms with Crippen LogP contribution < -0.4 is 5.32 Å². The third kappa shape index (κ3) is 3.74. The van der Waals surface area contributed by atoms with Gasteiger partial charge in [0.15, 0.2) is 5.78 Å². The highest BCUT2D eigenvalue weighted by atomic mass is 35.5. The molecule has 3 nitrogen and oxygen atoms in total. The maximum atomic E-state index is 12.6. The lowest BCUT2D eigenvalue weighted by Crippen LogP contribution is -2.28. The van der Waals surface area contributed by atoms with Crippen molar-refractivity contribution in [2.24, 2.45) is 5.41 Å². The van der Waals surface area contributed by atoms with Crippen molar-refractivity contribution < 1.29 is 9.59 Å². The molecule has 0 saturated heterocycles. The number of nitrogens with one attached hydrogen (secondary N) is 1. The average Bonchev–Trinajstić information content (AvgIpc) is 2.48. The topological polar surface area (TPSA) is 46.2 Å². The predicted molar refractivity (Wildman–Crippen MR) is 89.4 cm³/mol. The Balaban J connectivity index is 2.41. The number of carbonyl (C=O) groups excluding carboxylic acids is 2. The van der Waals surface area contributed by atoms with Crippen molar-refractivity contribution in [2.75, 3.05) is 5.32 Å². The first-order chi connectivity index (χ1) is 10.3. The first kappa shape index (κ1) is 16.2. The molecule has 4 heteroatoms. The molecule has 1 amide bonds. The molecule has 22 heavy (non-hydrogen) atoms. The van der Waals surface area contributed by atoms with Gasteiger partial charge in [-0.25, -0.2) is 0 Å². The Kier molecular flexibility index (Phi) is 4.67. The van der Waals surface area contributed by atoms with Crippen LogP contribution in [0.5, 0.6) is 0 Å². The molecule has 0 spiro atoms. The lowest BCUT2D eigenvalue weighted by Gasteiger charge is -2.19. The maximum absolute atomic E-state index is 12.6. The second kappa shape index (κ2) is 6.32. The number of anilines is 1. The fourth-order valence-corrected chi connectivity index (χ4v) is 2.04. The van der Waals surface area contributed by atoms with Crippen LogP contribution in [0.1, 0.15) is 36.7 Å². The first-order valence-electron chi connectivity index (χ1n) is 7.00. The standard InChI is InChI=1S/C18H18ClNO2/c1-18(2,3)17(22)20-15-10-9-13(19)11-14(15)16(21)12-7-5-4-6-8-12/h4-11H,1-3H3,(H,20,22)/i16+2. The van der Waals surface area contributed by atoms with Gasteiger partial charge in [0.2, 0.25) is 5.91 Å². The number of halogens is 1. The Morgan fingerprint density at radius 2 is 1.73 bits per heavy atom. The zero-order valence-electron chi connectivity index (χ0n) is 12.8. The van der Waals surface area contributed by atoms with Crippen LogP contribution in [0.2, 0.25) is 5.02 Å². The summed E-state index contributed by atoms with van der Waals surface area (Å²) in [6.07, 6.45) is 0. The minimum atomic E-state index is -0.549.